The van der Waals surface area contributed by atoms with Gasteiger partial charge in [0.15, 0.2) is 0 Å². The number of fused-ring (bicyclic) bond motifs is 1. The number of ether oxygens (including phenoxy) is 1. The van der Waals surface area contributed by atoms with E-state index in [1.807, 2.05) is 12.1 Å². The maximum Gasteiger partial charge on any atom is 0.123 e. The first-order chi connectivity index (χ1) is 12.9. The van der Waals surface area contributed by atoms with Crippen LogP contribution in [0.25, 0.3) is 0 Å². The maximum absolute atomic E-state index is 9.66. The summed E-state index contributed by atoms with van der Waals surface area (Å²) in [5.74, 6) is 1.96. The first-order valence-electron chi connectivity index (χ1n) is 11.4. The van der Waals surface area contributed by atoms with E-state index < -0.39 is 0 Å². The lowest BCUT2D eigenvalue weighted by atomic mass is 9.71. The van der Waals surface area contributed by atoms with E-state index in [1.165, 1.54) is 64.2 Å². The molecule has 1 aliphatic rings. The summed E-state index contributed by atoms with van der Waals surface area (Å²) >= 11 is 0. The summed E-state index contributed by atoms with van der Waals surface area (Å²) in [4.78, 5) is 0. The molecule has 0 spiro atoms. The van der Waals surface area contributed by atoms with Crippen LogP contribution in [0.3, 0.4) is 0 Å². The van der Waals surface area contributed by atoms with Gasteiger partial charge >= 0.3 is 0 Å². The molecule has 0 aliphatic carbocycles. The van der Waals surface area contributed by atoms with Crippen molar-refractivity contribution in [1.82, 2.24) is 0 Å². The van der Waals surface area contributed by atoms with Crippen LogP contribution in [0.15, 0.2) is 18.2 Å². The van der Waals surface area contributed by atoms with Gasteiger partial charge in [-0.3, -0.25) is 0 Å². The van der Waals surface area contributed by atoms with Crippen LogP contribution in [0, 0.1) is 11.3 Å². The smallest absolute Gasteiger partial charge is 0.123 e. The van der Waals surface area contributed by atoms with E-state index in [1.54, 1.807) is 6.07 Å². The molecule has 27 heavy (non-hydrogen) atoms. The standard InChI is InChI=1S/C25H42O2/c1-5-6-7-8-9-10-11-12-13-14-20(2)25(3,4)24-18-15-21-19-22(26)16-17-23(21)27-24/h16-17,19-20,24,26H,5-15,18H2,1-4H3. The van der Waals surface area contributed by atoms with Gasteiger partial charge in [0.05, 0.1) is 0 Å². The van der Waals surface area contributed by atoms with Crippen LogP contribution in [0.2, 0.25) is 0 Å². The molecule has 1 N–H and O–H groups in total. The number of phenolic OH excluding ortho intramolecular Hbond substituents is 1. The molecule has 1 heterocycles. The van der Waals surface area contributed by atoms with Crippen molar-refractivity contribution in [3.8, 4) is 11.5 Å². The zero-order chi connectivity index (χ0) is 19.7. The number of hydrogen-bond donors (Lipinski definition) is 1. The molecule has 2 rings (SSSR count). The fourth-order valence-corrected chi connectivity index (χ4v) is 4.35. The monoisotopic (exact) mass is 374 g/mol. The Morgan fingerprint density at radius 3 is 2.33 bits per heavy atom. The van der Waals surface area contributed by atoms with Crippen molar-refractivity contribution in [2.24, 2.45) is 11.3 Å². The van der Waals surface area contributed by atoms with E-state index in [0.717, 1.165) is 24.2 Å². The lowest BCUT2D eigenvalue weighted by Gasteiger charge is -2.42. The fraction of sp³-hybridized carbons (Fsp3) is 0.760. The van der Waals surface area contributed by atoms with Gasteiger partial charge in [-0.1, -0.05) is 91.9 Å². The minimum Gasteiger partial charge on any atom is -0.508 e. The molecule has 2 unspecified atom stereocenters. The first kappa shape index (κ1) is 22.1. The largest absolute Gasteiger partial charge is 0.508 e. The van der Waals surface area contributed by atoms with Crippen molar-refractivity contribution in [1.29, 1.82) is 0 Å². The van der Waals surface area contributed by atoms with Gasteiger partial charge in [-0.2, -0.15) is 0 Å². The molecule has 0 aromatic heterocycles. The highest BCUT2D eigenvalue weighted by Crippen LogP contribution is 2.42. The van der Waals surface area contributed by atoms with Crippen LogP contribution in [0.5, 0.6) is 11.5 Å². The van der Waals surface area contributed by atoms with Gasteiger partial charge in [0.2, 0.25) is 0 Å². The highest BCUT2D eigenvalue weighted by Gasteiger charge is 2.38. The number of benzene rings is 1. The van der Waals surface area contributed by atoms with Crippen LogP contribution in [0.1, 0.15) is 104 Å². The third kappa shape index (κ3) is 6.73. The average molecular weight is 375 g/mol. The molecule has 0 radical (unpaired) electrons. The lowest BCUT2D eigenvalue weighted by molar-refractivity contribution is 0.0133. The summed E-state index contributed by atoms with van der Waals surface area (Å²) in [6, 6.07) is 5.52. The summed E-state index contributed by atoms with van der Waals surface area (Å²) in [5.41, 5.74) is 1.32. The number of phenols is 1. The highest BCUT2D eigenvalue weighted by molar-refractivity contribution is 5.41. The molecule has 0 amide bonds. The topological polar surface area (TPSA) is 29.5 Å². The Hall–Kier alpha value is -1.18. The number of aromatic hydroxyl groups is 1. The Morgan fingerprint density at radius 2 is 1.67 bits per heavy atom. The Labute approximate surface area is 167 Å². The van der Waals surface area contributed by atoms with Gasteiger partial charge in [0.25, 0.3) is 0 Å². The lowest BCUT2D eigenvalue weighted by Crippen LogP contribution is -2.41. The number of rotatable bonds is 12. The third-order valence-corrected chi connectivity index (χ3v) is 6.83. The van der Waals surface area contributed by atoms with E-state index in [2.05, 4.69) is 27.7 Å². The summed E-state index contributed by atoms with van der Waals surface area (Å²) in [7, 11) is 0. The van der Waals surface area contributed by atoms with Gasteiger partial charge in [0, 0.05) is 5.41 Å². The number of unbranched alkanes of at least 4 members (excludes halogenated alkanes) is 8. The number of aryl methyl sites for hydroxylation is 1. The van der Waals surface area contributed by atoms with Crippen LogP contribution in [0.4, 0.5) is 0 Å². The van der Waals surface area contributed by atoms with Gasteiger partial charge in [0.1, 0.15) is 17.6 Å². The van der Waals surface area contributed by atoms with Gasteiger partial charge < -0.3 is 9.84 Å². The molecule has 1 aliphatic heterocycles. The van der Waals surface area contributed by atoms with Crippen molar-refractivity contribution in [2.75, 3.05) is 0 Å². The third-order valence-electron chi connectivity index (χ3n) is 6.83. The minimum absolute atomic E-state index is 0.176. The van der Waals surface area contributed by atoms with Crippen molar-refractivity contribution in [2.45, 2.75) is 111 Å². The predicted octanol–water partition coefficient (Wildman–Crippen LogP) is 7.67. The van der Waals surface area contributed by atoms with Crippen LogP contribution >= 0.6 is 0 Å². The molecule has 1 aromatic rings. The van der Waals surface area contributed by atoms with E-state index in [9.17, 15) is 5.11 Å². The zero-order valence-electron chi connectivity index (χ0n) is 18.2. The summed E-state index contributed by atoms with van der Waals surface area (Å²) in [6.07, 6.45) is 16.2. The molecule has 0 saturated carbocycles. The second-order valence-electron chi connectivity index (χ2n) is 9.28. The molecule has 2 heteroatoms. The van der Waals surface area contributed by atoms with Gasteiger partial charge in [-0.15, -0.1) is 0 Å². The molecule has 154 valence electrons. The molecule has 2 nitrogen and oxygen atoms in total. The Balaban J connectivity index is 1.69. The molecular weight excluding hydrogens is 332 g/mol. The molecule has 1 aromatic carbocycles. The second-order valence-corrected chi connectivity index (χ2v) is 9.28. The Kier molecular flexibility index (Phi) is 8.99. The predicted molar refractivity (Wildman–Crippen MR) is 116 cm³/mol. The van der Waals surface area contributed by atoms with Gasteiger partial charge in [-0.25, -0.2) is 0 Å². The van der Waals surface area contributed by atoms with Crippen molar-refractivity contribution >= 4 is 0 Å². The van der Waals surface area contributed by atoms with E-state index in [4.69, 9.17) is 4.74 Å². The molecule has 0 bridgehead atoms. The van der Waals surface area contributed by atoms with Crippen LogP contribution in [-0.2, 0) is 6.42 Å². The van der Waals surface area contributed by atoms with Crippen LogP contribution < -0.4 is 4.74 Å². The quantitative estimate of drug-likeness (QED) is 0.380. The van der Waals surface area contributed by atoms with E-state index in [0.29, 0.717) is 11.7 Å². The van der Waals surface area contributed by atoms with Crippen LogP contribution in [-0.4, -0.2) is 11.2 Å². The van der Waals surface area contributed by atoms with E-state index in [-0.39, 0.29) is 11.5 Å². The first-order valence-corrected chi connectivity index (χ1v) is 11.4. The SMILES string of the molecule is CCCCCCCCCCCC(C)C(C)(C)C1CCc2cc(O)ccc2O1. The zero-order valence-corrected chi connectivity index (χ0v) is 18.2. The fourth-order valence-electron chi connectivity index (χ4n) is 4.35. The Morgan fingerprint density at radius 1 is 1.04 bits per heavy atom. The highest BCUT2D eigenvalue weighted by atomic mass is 16.5. The second kappa shape index (κ2) is 11.0. The molecule has 2 atom stereocenters. The van der Waals surface area contributed by atoms with Crippen molar-refractivity contribution < 1.29 is 9.84 Å². The molecule has 0 fully saturated rings. The number of hydrogen-bond acceptors (Lipinski definition) is 2. The molecular formula is C25H42O2. The van der Waals surface area contributed by atoms with E-state index >= 15 is 0 Å². The minimum atomic E-state index is 0.176. The summed E-state index contributed by atoms with van der Waals surface area (Å²) < 4.78 is 6.35. The Bertz CT molecular complexity index is 549. The molecule has 0 saturated heterocycles. The van der Waals surface area contributed by atoms with Gasteiger partial charge in [-0.05, 0) is 42.5 Å². The summed E-state index contributed by atoms with van der Waals surface area (Å²) in [5, 5.41) is 9.66. The normalized spacial score (nSPS) is 18.0. The maximum atomic E-state index is 9.66. The summed E-state index contributed by atoms with van der Waals surface area (Å²) in [6.45, 7) is 9.44. The average Bonchev–Trinajstić information content (AvgIpc) is 2.66. The van der Waals surface area contributed by atoms with Crippen molar-refractivity contribution in [3.05, 3.63) is 23.8 Å². The van der Waals surface area contributed by atoms with Crippen molar-refractivity contribution in [3.63, 3.8) is 0 Å².